The van der Waals surface area contributed by atoms with Crippen LogP contribution < -0.4 is 21.4 Å². The van der Waals surface area contributed by atoms with E-state index in [0.29, 0.717) is 35.2 Å². The van der Waals surface area contributed by atoms with Crippen molar-refractivity contribution in [3.63, 3.8) is 0 Å². The minimum absolute atomic E-state index is 0.296. The number of aromatic nitrogens is 4. The van der Waals surface area contributed by atoms with Crippen molar-refractivity contribution in [1.82, 2.24) is 15.0 Å². The second-order valence-corrected chi connectivity index (χ2v) is 6.44. The summed E-state index contributed by atoms with van der Waals surface area (Å²) in [5.74, 6) is 0.833. The molecule has 0 amide bonds. The summed E-state index contributed by atoms with van der Waals surface area (Å²) in [6.07, 6.45) is 5.72. The maximum atomic E-state index is 13.4. The Bertz CT molecular complexity index is 870. The largest absolute Gasteiger partial charge is 0.337 e. The van der Waals surface area contributed by atoms with Crippen molar-refractivity contribution >= 4 is 28.6 Å². The van der Waals surface area contributed by atoms with Gasteiger partial charge in [-0.1, -0.05) is 11.1 Å². The molecule has 0 saturated heterocycles. The van der Waals surface area contributed by atoms with Crippen LogP contribution in [0.4, 0.5) is 21.8 Å². The predicted octanol–water partition coefficient (Wildman–Crippen LogP) is 2.34. The molecule has 0 radical (unpaired) electrons. The van der Waals surface area contributed by atoms with Crippen LogP contribution in [-0.4, -0.2) is 27.0 Å². The number of aromatic amines is 2. The number of nitrogens with zero attached hydrogens (tertiary/aromatic N) is 2. The Morgan fingerprint density at radius 2 is 2.04 bits per heavy atom. The maximum Gasteiger partial charge on any atom is 0.307 e. The predicted molar refractivity (Wildman–Crippen MR) is 94.0 cm³/mol. The third-order valence-electron chi connectivity index (χ3n) is 4.53. The molecule has 0 unspecified atom stereocenters. The van der Waals surface area contributed by atoms with Crippen molar-refractivity contribution < 1.29 is 9.37 Å². The van der Waals surface area contributed by atoms with Crippen molar-refractivity contribution in [2.24, 2.45) is 5.73 Å². The van der Waals surface area contributed by atoms with Crippen molar-refractivity contribution in [3.8, 4) is 0 Å². The summed E-state index contributed by atoms with van der Waals surface area (Å²) in [7, 11) is 0. The second-order valence-electron chi connectivity index (χ2n) is 6.44. The lowest BCUT2D eigenvalue weighted by molar-refractivity contribution is -0.347. The smallest absolute Gasteiger partial charge is 0.307 e. The van der Waals surface area contributed by atoms with Gasteiger partial charge in [-0.2, -0.15) is 4.98 Å². The molecule has 7 nitrogen and oxygen atoms in total. The van der Waals surface area contributed by atoms with Crippen molar-refractivity contribution in [2.45, 2.75) is 37.8 Å². The molecular formula is C17H21FN7+. The molecular weight excluding hydrogens is 321 g/mol. The number of halogens is 1. The molecule has 6 N–H and O–H groups in total. The van der Waals surface area contributed by atoms with Gasteiger partial charge in [-0.15, -0.1) is 0 Å². The standard InChI is InChI=1S/C17H20FN7/c18-10-2-1-3-13(8-10)22-16-14-15(21-9-20-14)24-17(25-16)23-12-6-4-11(19)5-7-12/h1-3,8-9,11-12H,4-7,19H2,(H3,20,21,22,23,24,25)/p+1. The number of H-pyrrole nitrogens is 2. The average molecular weight is 342 g/mol. The fourth-order valence-electron chi connectivity index (χ4n) is 3.18. The summed E-state index contributed by atoms with van der Waals surface area (Å²) in [5, 5.41) is 6.55. The molecule has 25 heavy (non-hydrogen) atoms. The third kappa shape index (κ3) is 3.53. The zero-order valence-corrected chi connectivity index (χ0v) is 13.7. The van der Waals surface area contributed by atoms with Gasteiger partial charge in [-0.3, -0.25) is 4.98 Å². The minimum Gasteiger partial charge on any atom is -0.337 e. The van der Waals surface area contributed by atoms with Crippen LogP contribution in [-0.2, 0) is 0 Å². The van der Waals surface area contributed by atoms with Gasteiger partial charge in [0.2, 0.25) is 5.52 Å². The highest BCUT2D eigenvalue weighted by atomic mass is 19.1. The minimum atomic E-state index is -0.301. The summed E-state index contributed by atoms with van der Waals surface area (Å²) in [4.78, 5) is 15.2. The van der Waals surface area contributed by atoms with Gasteiger partial charge in [0.1, 0.15) is 5.82 Å². The van der Waals surface area contributed by atoms with E-state index in [-0.39, 0.29) is 5.82 Å². The topological polar surface area (TPSA) is 106 Å². The summed E-state index contributed by atoms with van der Waals surface area (Å²) >= 11 is 0. The van der Waals surface area contributed by atoms with E-state index in [0.717, 1.165) is 31.2 Å². The molecule has 2 aromatic heterocycles. The van der Waals surface area contributed by atoms with Gasteiger partial charge in [0, 0.05) is 17.8 Å². The zero-order chi connectivity index (χ0) is 17.2. The Labute approximate surface area is 144 Å². The highest BCUT2D eigenvalue weighted by Crippen LogP contribution is 2.24. The van der Waals surface area contributed by atoms with Gasteiger partial charge in [-0.05, 0) is 43.9 Å². The molecule has 1 aliphatic rings. The lowest BCUT2D eigenvalue weighted by Gasteiger charge is -2.26. The highest BCUT2D eigenvalue weighted by Gasteiger charge is 2.22. The molecule has 0 atom stereocenters. The molecule has 0 bridgehead atoms. The molecule has 0 aliphatic heterocycles. The Hall–Kier alpha value is -2.74. The van der Waals surface area contributed by atoms with Crippen LogP contribution in [0.1, 0.15) is 25.7 Å². The van der Waals surface area contributed by atoms with E-state index in [2.05, 4.69) is 30.6 Å². The van der Waals surface area contributed by atoms with Crippen LogP contribution in [0.25, 0.3) is 11.2 Å². The fourth-order valence-corrected chi connectivity index (χ4v) is 3.18. The average Bonchev–Trinajstić information content (AvgIpc) is 3.06. The van der Waals surface area contributed by atoms with E-state index in [1.54, 1.807) is 18.5 Å². The van der Waals surface area contributed by atoms with Crippen molar-refractivity contribution in [3.05, 3.63) is 36.4 Å². The molecule has 1 fully saturated rings. The van der Waals surface area contributed by atoms with E-state index in [4.69, 9.17) is 5.73 Å². The zero-order valence-electron chi connectivity index (χ0n) is 13.7. The number of fused-ring (bicyclic) bond motifs is 1. The number of nitrogens with one attached hydrogen (secondary N) is 4. The monoisotopic (exact) mass is 342 g/mol. The first-order valence-electron chi connectivity index (χ1n) is 8.49. The fraction of sp³-hybridized carbons (Fsp3) is 0.353. The number of imidazole rings is 1. The number of anilines is 3. The SMILES string of the molecule is NC1CCC(Nc2nc(Nc3cccc(F)c3)c3[nH]c[nH+]c3n2)CC1. The lowest BCUT2D eigenvalue weighted by Crippen LogP contribution is -2.33. The number of rotatable bonds is 4. The van der Waals surface area contributed by atoms with Crippen LogP contribution in [0, 0.1) is 5.82 Å². The highest BCUT2D eigenvalue weighted by molar-refractivity contribution is 5.84. The summed E-state index contributed by atoms with van der Waals surface area (Å²) in [6, 6.07) is 6.89. The molecule has 2 heterocycles. The van der Waals surface area contributed by atoms with E-state index in [9.17, 15) is 4.39 Å². The van der Waals surface area contributed by atoms with Crippen LogP contribution in [0.5, 0.6) is 0 Å². The summed E-state index contributed by atoms with van der Waals surface area (Å²) in [6.45, 7) is 0. The first-order chi connectivity index (χ1) is 12.2. The summed E-state index contributed by atoms with van der Waals surface area (Å²) < 4.78 is 13.4. The van der Waals surface area contributed by atoms with Crippen molar-refractivity contribution in [1.29, 1.82) is 0 Å². The Balaban J connectivity index is 1.60. The molecule has 130 valence electrons. The molecule has 3 aromatic rings. The molecule has 4 rings (SSSR count). The van der Waals surface area contributed by atoms with Gasteiger partial charge in [0.05, 0.1) is 0 Å². The van der Waals surface area contributed by atoms with Gasteiger partial charge >= 0.3 is 11.6 Å². The number of nitrogens with two attached hydrogens (primary N) is 1. The Kier molecular flexibility index (Phi) is 4.19. The molecule has 1 aromatic carbocycles. The van der Waals surface area contributed by atoms with Crippen LogP contribution in [0.3, 0.4) is 0 Å². The molecule has 8 heteroatoms. The second kappa shape index (κ2) is 6.64. The van der Waals surface area contributed by atoms with E-state index in [1.807, 2.05) is 0 Å². The number of benzene rings is 1. The quantitative estimate of drug-likeness (QED) is 0.582. The third-order valence-corrected chi connectivity index (χ3v) is 4.53. The van der Waals surface area contributed by atoms with E-state index in [1.165, 1.54) is 12.1 Å². The van der Waals surface area contributed by atoms with E-state index < -0.39 is 0 Å². The van der Waals surface area contributed by atoms with Crippen LogP contribution >= 0.6 is 0 Å². The summed E-state index contributed by atoms with van der Waals surface area (Å²) in [5.41, 5.74) is 8.01. The van der Waals surface area contributed by atoms with Gasteiger partial charge in [-0.25, -0.2) is 9.37 Å². The Morgan fingerprint density at radius 3 is 2.84 bits per heavy atom. The first-order valence-corrected chi connectivity index (χ1v) is 8.49. The van der Waals surface area contributed by atoms with E-state index >= 15 is 0 Å². The molecule has 0 spiro atoms. The van der Waals surface area contributed by atoms with Gasteiger partial charge in [0.15, 0.2) is 12.1 Å². The van der Waals surface area contributed by atoms with Gasteiger partial charge < -0.3 is 16.4 Å². The lowest BCUT2D eigenvalue weighted by atomic mass is 9.92. The number of hydrogen-bond donors (Lipinski definition) is 4. The number of hydrogen-bond acceptors (Lipinski definition) is 5. The van der Waals surface area contributed by atoms with Gasteiger partial charge in [0.25, 0.3) is 0 Å². The Morgan fingerprint density at radius 1 is 1.20 bits per heavy atom. The normalized spacial score (nSPS) is 20.6. The first kappa shape index (κ1) is 15.8. The van der Waals surface area contributed by atoms with Crippen LogP contribution in [0.15, 0.2) is 30.6 Å². The van der Waals surface area contributed by atoms with Crippen LogP contribution in [0.2, 0.25) is 0 Å². The maximum absolute atomic E-state index is 13.4. The van der Waals surface area contributed by atoms with Crippen molar-refractivity contribution in [2.75, 3.05) is 10.6 Å². The molecule has 1 saturated carbocycles. The molecule has 1 aliphatic carbocycles.